The summed E-state index contributed by atoms with van der Waals surface area (Å²) in [4.78, 5) is 15.0. The van der Waals surface area contributed by atoms with E-state index in [9.17, 15) is 4.79 Å². The van der Waals surface area contributed by atoms with Crippen molar-refractivity contribution < 1.29 is 9.53 Å². The molecule has 0 spiro atoms. The molecule has 0 aliphatic heterocycles. The quantitative estimate of drug-likeness (QED) is 0.776. The lowest BCUT2D eigenvalue weighted by molar-refractivity contribution is -0.142. The van der Waals surface area contributed by atoms with Gasteiger partial charge >= 0.3 is 5.97 Å². The van der Waals surface area contributed by atoms with Crippen LogP contribution >= 0.6 is 0 Å². The molecule has 0 amide bonds. The van der Waals surface area contributed by atoms with Gasteiger partial charge in [0.2, 0.25) is 0 Å². The molecular formula is C14H16N2O2. The highest BCUT2D eigenvalue weighted by Crippen LogP contribution is 2.19. The summed E-state index contributed by atoms with van der Waals surface area (Å²) >= 11 is 0. The molecule has 1 unspecified atom stereocenters. The largest absolute Gasteiger partial charge is 0.459 e. The van der Waals surface area contributed by atoms with Gasteiger partial charge in [-0.15, -0.1) is 0 Å². The number of benzene rings is 1. The van der Waals surface area contributed by atoms with Gasteiger partial charge in [-0.2, -0.15) is 0 Å². The molecule has 0 bridgehead atoms. The zero-order valence-electron chi connectivity index (χ0n) is 10.5. The van der Waals surface area contributed by atoms with Crippen molar-refractivity contribution in [2.24, 2.45) is 0 Å². The molecular weight excluding hydrogens is 228 g/mol. The van der Waals surface area contributed by atoms with Crippen LogP contribution in [-0.4, -0.2) is 15.5 Å². The van der Waals surface area contributed by atoms with E-state index in [1.54, 1.807) is 12.5 Å². The molecule has 0 fully saturated rings. The molecule has 0 aliphatic carbocycles. The van der Waals surface area contributed by atoms with Crippen LogP contribution in [0.4, 0.5) is 0 Å². The predicted molar refractivity (Wildman–Crippen MR) is 68.0 cm³/mol. The summed E-state index contributed by atoms with van der Waals surface area (Å²) in [6, 6.07) is 10.3. The van der Waals surface area contributed by atoms with Gasteiger partial charge in [-0.25, -0.2) is 4.98 Å². The van der Waals surface area contributed by atoms with Crippen molar-refractivity contribution in [1.29, 1.82) is 0 Å². The van der Waals surface area contributed by atoms with Crippen LogP contribution in [-0.2, 0) is 16.1 Å². The second-order valence-corrected chi connectivity index (χ2v) is 4.16. The SMILES string of the molecule is CC(=O)OCc1cncn1C(C)c1ccccc1. The average molecular weight is 244 g/mol. The van der Waals surface area contributed by atoms with E-state index in [2.05, 4.69) is 24.0 Å². The molecule has 18 heavy (non-hydrogen) atoms. The number of esters is 1. The smallest absolute Gasteiger partial charge is 0.303 e. The van der Waals surface area contributed by atoms with E-state index in [1.165, 1.54) is 12.5 Å². The fourth-order valence-corrected chi connectivity index (χ4v) is 1.86. The first-order valence-corrected chi connectivity index (χ1v) is 5.87. The molecule has 0 saturated carbocycles. The Bertz CT molecular complexity index is 520. The first-order valence-electron chi connectivity index (χ1n) is 5.87. The minimum Gasteiger partial charge on any atom is -0.459 e. The van der Waals surface area contributed by atoms with Crippen molar-refractivity contribution in [3.63, 3.8) is 0 Å². The molecule has 1 heterocycles. The van der Waals surface area contributed by atoms with Gasteiger partial charge in [0.05, 0.1) is 24.3 Å². The molecule has 4 heteroatoms. The minimum atomic E-state index is -0.282. The Kier molecular flexibility index (Phi) is 3.77. The molecule has 1 atom stereocenters. The standard InChI is InChI=1S/C14H16N2O2/c1-11(13-6-4-3-5-7-13)16-10-15-8-14(16)9-18-12(2)17/h3-8,10-11H,9H2,1-2H3. The lowest BCUT2D eigenvalue weighted by Crippen LogP contribution is -2.11. The van der Waals surface area contributed by atoms with Crippen LogP contribution in [0.3, 0.4) is 0 Å². The number of carbonyl (C=O) groups excluding carboxylic acids is 1. The van der Waals surface area contributed by atoms with Crippen molar-refractivity contribution >= 4 is 5.97 Å². The molecule has 0 saturated heterocycles. The molecule has 0 N–H and O–H groups in total. The van der Waals surface area contributed by atoms with Crippen LogP contribution in [0.5, 0.6) is 0 Å². The van der Waals surface area contributed by atoms with Crippen LogP contribution in [0.1, 0.15) is 31.1 Å². The zero-order valence-corrected chi connectivity index (χ0v) is 10.5. The van der Waals surface area contributed by atoms with Gasteiger partial charge in [0.25, 0.3) is 0 Å². The third-order valence-electron chi connectivity index (χ3n) is 2.87. The highest BCUT2D eigenvalue weighted by molar-refractivity contribution is 5.65. The van der Waals surface area contributed by atoms with E-state index in [-0.39, 0.29) is 18.6 Å². The van der Waals surface area contributed by atoms with Gasteiger partial charge in [0, 0.05) is 6.92 Å². The second kappa shape index (κ2) is 5.49. The fourth-order valence-electron chi connectivity index (χ4n) is 1.86. The van der Waals surface area contributed by atoms with Crippen molar-refractivity contribution in [3.8, 4) is 0 Å². The third kappa shape index (κ3) is 2.77. The lowest BCUT2D eigenvalue weighted by Gasteiger charge is -2.16. The molecule has 4 nitrogen and oxygen atoms in total. The lowest BCUT2D eigenvalue weighted by atomic mass is 10.1. The van der Waals surface area contributed by atoms with E-state index in [0.717, 1.165) is 5.69 Å². The monoisotopic (exact) mass is 244 g/mol. The van der Waals surface area contributed by atoms with Gasteiger partial charge in [0.15, 0.2) is 0 Å². The molecule has 1 aromatic heterocycles. The van der Waals surface area contributed by atoms with Crippen LogP contribution in [0.2, 0.25) is 0 Å². The first-order chi connectivity index (χ1) is 8.68. The van der Waals surface area contributed by atoms with Gasteiger partial charge in [0.1, 0.15) is 6.61 Å². The molecule has 0 radical (unpaired) electrons. The summed E-state index contributed by atoms with van der Waals surface area (Å²) in [5.74, 6) is -0.282. The van der Waals surface area contributed by atoms with Gasteiger partial charge in [-0.05, 0) is 12.5 Å². The number of carbonyl (C=O) groups is 1. The number of hydrogen-bond acceptors (Lipinski definition) is 3. The van der Waals surface area contributed by atoms with E-state index in [0.29, 0.717) is 0 Å². The number of rotatable bonds is 4. The highest BCUT2D eigenvalue weighted by atomic mass is 16.5. The predicted octanol–water partition coefficient (Wildman–Crippen LogP) is 2.56. The third-order valence-corrected chi connectivity index (χ3v) is 2.87. The highest BCUT2D eigenvalue weighted by Gasteiger charge is 2.11. The number of aromatic nitrogens is 2. The number of hydrogen-bond donors (Lipinski definition) is 0. The van der Waals surface area contributed by atoms with Gasteiger partial charge < -0.3 is 9.30 Å². The van der Waals surface area contributed by atoms with Crippen LogP contribution < -0.4 is 0 Å². The first kappa shape index (κ1) is 12.4. The van der Waals surface area contributed by atoms with E-state index in [1.807, 2.05) is 22.8 Å². The molecule has 0 aliphatic rings. The number of ether oxygens (including phenoxy) is 1. The van der Waals surface area contributed by atoms with Gasteiger partial charge in [-0.1, -0.05) is 30.3 Å². The van der Waals surface area contributed by atoms with Crippen molar-refractivity contribution in [2.75, 3.05) is 0 Å². The second-order valence-electron chi connectivity index (χ2n) is 4.16. The van der Waals surface area contributed by atoms with E-state index >= 15 is 0 Å². The summed E-state index contributed by atoms with van der Waals surface area (Å²) < 4.78 is 7.03. The summed E-state index contributed by atoms with van der Waals surface area (Å²) in [6.45, 7) is 3.75. The Morgan fingerprint density at radius 1 is 1.39 bits per heavy atom. The summed E-state index contributed by atoms with van der Waals surface area (Å²) in [5, 5.41) is 0. The van der Waals surface area contributed by atoms with Crippen LogP contribution in [0.25, 0.3) is 0 Å². The number of nitrogens with zero attached hydrogens (tertiary/aromatic N) is 2. The molecule has 2 aromatic rings. The maximum atomic E-state index is 10.8. The summed E-state index contributed by atoms with van der Waals surface area (Å²) in [5.41, 5.74) is 2.08. The topological polar surface area (TPSA) is 44.1 Å². The average Bonchev–Trinajstić information content (AvgIpc) is 2.85. The van der Waals surface area contributed by atoms with Gasteiger partial charge in [-0.3, -0.25) is 4.79 Å². The van der Waals surface area contributed by atoms with Crippen molar-refractivity contribution in [2.45, 2.75) is 26.5 Å². The fraction of sp³-hybridized carbons (Fsp3) is 0.286. The van der Waals surface area contributed by atoms with E-state index in [4.69, 9.17) is 4.74 Å². The van der Waals surface area contributed by atoms with Crippen LogP contribution in [0, 0.1) is 0 Å². The Hall–Kier alpha value is -2.10. The van der Waals surface area contributed by atoms with E-state index < -0.39 is 0 Å². The maximum absolute atomic E-state index is 10.8. The molecule has 2 rings (SSSR count). The number of imidazole rings is 1. The Morgan fingerprint density at radius 3 is 2.78 bits per heavy atom. The molecule has 94 valence electrons. The van der Waals surface area contributed by atoms with Crippen molar-refractivity contribution in [3.05, 3.63) is 54.1 Å². The Labute approximate surface area is 106 Å². The van der Waals surface area contributed by atoms with Crippen LogP contribution in [0.15, 0.2) is 42.9 Å². The summed E-state index contributed by atoms with van der Waals surface area (Å²) in [6.07, 6.45) is 3.48. The maximum Gasteiger partial charge on any atom is 0.303 e. The molecule has 1 aromatic carbocycles. The van der Waals surface area contributed by atoms with Crippen molar-refractivity contribution in [1.82, 2.24) is 9.55 Å². The normalized spacial score (nSPS) is 12.1. The summed E-state index contributed by atoms with van der Waals surface area (Å²) in [7, 11) is 0. The Morgan fingerprint density at radius 2 is 2.11 bits per heavy atom. The Balaban J connectivity index is 2.18. The zero-order chi connectivity index (χ0) is 13.0. The minimum absolute atomic E-state index is 0.166.